The van der Waals surface area contributed by atoms with Gasteiger partial charge in [0.2, 0.25) is 0 Å². The van der Waals surface area contributed by atoms with E-state index in [0.717, 1.165) is 18.8 Å². The van der Waals surface area contributed by atoms with Gasteiger partial charge in [-0.2, -0.15) is 11.8 Å². The van der Waals surface area contributed by atoms with Gasteiger partial charge in [-0.15, -0.1) is 6.42 Å². The van der Waals surface area contributed by atoms with Crippen molar-refractivity contribution in [2.75, 3.05) is 25.2 Å². The van der Waals surface area contributed by atoms with Gasteiger partial charge in [0.1, 0.15) is 12.4 Å². The Morgan fingerprint density at radius 2 is 2.11 bits per heavy atom. The molecule has 0 amide bonds. The van der Waals surface area contributed by atoms with Gasteiger partial charge in [0.25, 0.3) is 0 Å². The number of nitrogens with one attached hydrogen (secondary N) is 1. The molecular weight excluding hydrogens is 254 g/mol. The summed E-state index contributed by atoms with van der Waals surface area (Å²) in [5.41, 5.74) is 1.17. The van der Waals surface area contributed by atoms with Crippen molar-refractivity contribution in [1.29, 1.82) is 0 Å². The van der Waals surface area contributed by atoms with Crippen LogP contribution in [0.25, 0.3) is 0 Å². The molecule has 0 spiro atoms. The molecule has 0 radical (unpaired) electrons. The highest BCUT2D eigenvalue weighted by molar-refractivity contribution is 7.98. The van der Waals surface area contributed by atoms with Gasteiger partial charge in [0.05, 0.1) is 0 Å². The molecule has 0 saturated carbocycles. The first-order valence-electron chi connectivity index (χ1n) is 6.72. The largest absolute Gasteiger partial charge is 0.481 e. The first-order chi connectivity index (χ1) is 9.38. The van der Waals surface area contributed by atoms with Gasteiger partial charge in [-0.05, 0) is 37.5 Å². The molecule has 1 N–H and O–H groups in total. The summed E-state index contributed by atoms with van der Waals surface area (Å²) < 4.78 is 5.52. The fourth-order valence-corrected chi connectivity index (χ4v) is 2.30. The van der Waals surface area contributed by atoms with Crippen LogP contribution in [0.5, 0.6) is 5.75 Å². The third-order valence-corrected chi connectivity index (χ3v) is 3.50. The first kappa shape index (κ1) is 15.9. The molecular formula is C16H23NOS. The molecule has 0 heterocycles. The highest BCUT2D eigenvalue weighted by Crippen LogP contribution is 2.17. The van der Waals surface area contributed by atoms with Gasteiger partial charge in [0.15, 0.2) is 0 Å². The molecule has 2 nitrogen and oxygen atoms in total. The highest BCUT2D eigenvalue weighted by atomic mass is 32.2. The molecule has 0 aliphatic heterocycles. The van der Waals surface area contributed by atoms with Gasteiger partial charge in [-0.3, -0.25) is 0 Å². The molecule has 1 rings (SSSR count). The maximum Gasteiger partial charge on any atom is 0.148 e. The average Bonchev–Trinajstić information content (AvgIpc) is 2.45. The Kier molecular flexibility index (Phi) is 9.05. The number of ether oxygens (including phenoxy) is 1. The van der Waals surface area contributed by atoms with Crippen LogP contribution in [-0.4, -0.2) is 25.2 Å². The van der Waals surface area contributed by atoms with E-state index in [1.54, 1.807) is 0 Å². The Labute approximate surface area is 121 Å². The van der Waals surface area contributed by atoms with E-state index in [1.165, 1.54) is 30.6 Å². The van der Waals surface area contributed by atoms with Crippen molar-refractivity contribution < 1.29 is 4.74 Å². The van der Waals surface area contributed by atoms with Crippen LogP contribution in [0.15, 0.2) is 24.3 Å². The zero-order valence-electron chi connectivity index (χ0n) is 11.7. The summed E-state index contributed by atoms with van der Waals surface area (Å²) in [6, 6.07) is 8.04. The van der Waals surface area contributed by atoms with Crippen LogP contribution in [0.3, 0.4) is 0 Å². The molecule has 19 heavy (non-hydrogen) atoms. The zero-order valence-corrected chi connectivity index (χ0v) is 12.5. The summed E-state index contributed by atoms with van der Waals surface area (Å²) >= 11 is 1.92. The number of para-hydroxylation sites is 1. The lowest BCUT2D eigenvalue weighted by Crippen LogP contribution is -2.15. The highest BCUT2D eigenvalue weighted by Gasteiger charge is 2.01. The standard InChI is InChI=1S/C16H23NOS/c1-3-12-18-16-10-6-5-9-15(16)14-17-11-7-4-8-13-19-2/h1,5-6,9-10,17H,4,7-8,11-14H2,2H3. The maximum atomic E-state index is 5.52. The van der Waals surface area contributed by atoms with Crippen LogP contribution < -0.4 is 10.1 Å². The van der Waals surface area contributed by atoms with Crippen LogP contribution in [0.4, 0.5) is 0 Å². The maximum absolute atomic E-state index is 5.52. The minimum Gasteiger partial charge on any atom is -0.481 e. The minimum atomic E-state index is 0.325. The number of benzene rings is 1. The Balaban J connectivity index is 2.23. The van der Waals surface area contributed by atoms with Gasteiger partial charge < -0.3 is 10.1 Å². The van der Waals surface area contributed by atoms with Crippen LogP contribution in [-0.2, 0) is 6.54 Å². The number of hydrogen-bond acceptors (Lipinski definition) is 3. The SMILES string of the molecule is C#CCOc1ccccc1CNCCCCCSC. The van der Waals surface area contributed by atoms with E-state index in [4.69, 9.17) is 11.2 Å². The quantitative estimate of drug-likeness (QED) is 0.523. The lowest BCUT2D eigenvalue weighted by atomic mass is 10.2. The second-order valence-electron chi connectivity index (χ2n) is 4.33. The zero-order chi connectivity index (χ0) is 13.8. The molecule has 0 unspecified atom stereocenters. The Bertz CT molecular complexity index is 387. The average molecular weight is 277 g/mol. The van der Waals surface area contributed by atoms with E-state index < -0.39 is 0 Å². The molecule has 0 atom stereocenters. The third-order valence-electron chi connectivity index (χ3n) is 2.80. The summed E-state index contributed by atoms with van der Waals surface area (Å²) in [4.78, 5) is 0. The first-order valence-corrected chi connectivity index (χ1v) is 8.11. The Hall–Kier alpha value is -1.11. The van der Waals surface area contributed by atoms with Crippen molar-refractivity contribution >= 4 is 11.8 Å². The summed E-state index contributed by atoms with van der Waals surface area (Å²) in [6.07, 6.45) is 11.2. The molecule has 0 saturated heterocycles. The lowest BCUT2D eigenvalue weighted by molar-refractivity contribution is 0.364. The van der Waals surface area contributed by atoms with Crippen LogP contribution in [0.2, 0.25) is 0 Å². The predicted octanol–water partition coefficient (Wildman–Crippen LogP) is 3.32. The van der Waals surface area contributed by atoms with Crippen molar-refractivity contribution in [2.45, 2.75) is 25.8 Å². The van der Waals surface area contributed by atoms with Crippen molar-refractivity contribution in [2.24, 2.45) is 0 Å². The second-order valence-corrected chi connectivity index (χ2v) is 5.32. The van der Waals surface area contributed by atoms with Gasteiger partial charge >= 0.3 is 0 Å². The summed E-state index contributed by atoms with van der Waals surface area (Å²) in [5.74, 6) is 4.65. The number of hydrogen-bond donors (Lipinski definition) is 1. The summed E-state index contributed by atoms with van der Waals surface area (Å²) in [5, 5.41) is 3.46. The van der Waals surface area contributed by atoms with Crippen LogP contribution in [0, 0.1) is 12.3 Å². The molecule has 104 valence electrons. The van der Waals surface area contributed by atoms with E-state index >= 15 is 0 Å². The van der Waals surface area contributed by atoms with Crippen molar-refractivity contribution in [3.05, 3.63) is 29.8 Å². The van der Waals surface area contributed by atoms with Crippen molar-refractivity contribution in [1.82, 2.24) is 5.32 Å². The Morgan fingerprint density at radius 1 is 1.26 bits per heavy atom. The number of thioether (sulfide) groups is 1. The van der Waals surface area contributed by atoms with Crippen LogP contribution in [0.1, 0.15) is 24.8 Å². The normalized spacial score (nSPS) is 10.1. The Morgan fingerprint density at radius 3 is 2.89 bits per heavy atom. The number of unbranched alkanes of at least 4 members (excludes halogenated alkanes) is 2. The van der Waals surface area contributed by atoms with Crippen molar-refractivity contribution in [3.8, 4) is 18.1 Å². The molecule has 0 bridgehead atoms. The molecule has 0 aliphatic rings. The molecule has 1 aromatic carbocycles. The fraction of sp³-hybridized carbons (Fsp3) is 0.500. The lowest BCUT2D eigenvalue weighted by Gasteiger charge is -2.10. The fourth-order valence-electron chi connectivity index (χ4n) is 1.81. The minimum absolute atomic E-state index is 0.325. The predicted molar refractivity (Wildman–Crippen MR) is 84.7 cm³/mol. The number of rotatable bonds is 10. The van der Waals surface area contributed by atoms with Crippen molar-refractivity contribution in [3.63, 3.8) is 0 Å². The van der Waals surface area contributed by atoms with Gasteiger partial charge in [-0.25, -0.2) is 0 Å². The van der Waals surface area contributed by atoms with Gasteiger partial charge in [0, 0.05) is 12.1 Å². The molecule has 0 aliphatic carbocycles. The summed E-state index contributed by atoms with van der Waals surface area (Å²) in [6.45, 7) is 2.22. The second kappa shape index (κ2) is 10.8. The van der Waals surface area contributed by atoms with E-state index in [2.05, 4.69) is 23.6 Å². The van der Waals surface area contributed by atoms with E-state index in [9.17, 15) is 0 Å². The van der Waals surface area contributed by atoms with E-state index in [0.29, 0.717) is 6.61 Å². The van der Waals surface area contributed by atoms with E-state index in [-0.39, 0.29) is 0 Å². The molecule has 0 fully saturated rings. The van der Waals surface area contributed by atoms with Crippen LogP contribution >= 0.6 is 11.8 Å². The monoisotopic (exact) mass is 277 g/mol. The van der Waals surface area contributed by atoms with E-state index in [1.807, 2.05) is 30.0 Å². The molecule has 3 heteroatoms. The number of terminal acetylenes is 1. The van der Waals surface area contributed by atoms with Gasteiger partial charge in [-0.1, -0.05) is 30.5 Å². The molecule has 0 aromatic heterocycles. The third kappa shape index (κ3) is 7.15. The molecule has 1 aromatic rings. The smallest absolute Gasteiger partial charge is 0.148 e. The summed E-state index contributed by atoms with van der Waals surface area (Å²) in [7, 11) is 0. The topological polar surface area (TPSA) is 21.3 Å².